The molecular weight excluding hydrogens is 474 g/mol. The third-order valence-corrected chi connectivity index (χ3v) is 4.68. The van der Waals surface area contributed by atoms with Crippen molar-refractivity contribution >= 4 is 29.2 Å². The Morgan fingerprint density at radius 1 is 0.833 bits per heavy atom. The molecule has 194 valence electrons. The van der Waals surface area contributed by atoms with E-state index in [1.807, 2.05) is 0 Å². The number of amides is 2. The van der Waals surface area contributed by atoms with Gasteiger partial charge in [-0.3, -0.25) is 39.5 Å². The number of nitro groups is 2. The van der Waals surface area contributed by atoms with Crippen molar-refractivity contribution in [3.05, 3.63) is 79.9 Å². The maximum Gasteiger partial charge on any atom is 0.300 e. The van der Waals surface area contributed by atoms with Crippen LogP contribution in [0.4, 0.5) is 11.4 Å². The van der Waals surface area contributed by atoms with Gasteiger partial charge < -0.3 is 16.2 Å². The average molecular weight is 504 g/mol. The van der Waals surface area contributed by atoms with Crippen LogP contribution in [0, 0.1) is 20.2 Å². The average Bonchev–Trinajstić information content (AvgIpc) is 2.85. The summed E-state index contributed by atoms with van der Waals surface area (Å²) in [5.41, 5.74) is 5.37. The molecule has 13 heteroatoms. The van der Waals surface area contributed by atoms with E-state index in [9.17, 15) is 29.8 Å². The van der Waals surface area contributed by atoms with E-state index in [0.717, 1.165) is 31.2 Å². The van der Waals surface area contributed by atoms with Crippen molar-refractivity contribution in [2.45, 2.75) is 26.2 Å². The van der Waals surface area contributed by atoms with Gasteiger partial charge in [0.2, 0.25) is 0 Å². The fourth-order valence-corrected chi connectivity index (χ4v) is 2.94. The van der Waals surface area contributed by atoms with Gasteiger partial charge >= 0.3 is 0 Å². The molecule has 0 fully saturated rings. The number of hydrogen-bond donors (Lipinski definition) is 3. The van der Waals surface area contributed by atoms with Crippen LogP contribution < -0.4 is 11.1 Å². The van der Waals surface area contributed by atoms with Crippen LogP contribution in [-0.4, -0.2) is 63.8 Å². The first-order valence-electron chi connectivity index (χ1n) is 11.0. The second kappa shape index (κ2) is 15.6. The monoisotopic (exact) mass is 503 g/mol. The van der Waals surface area contributed by atoms with Crippen molar-refractivity contribution in [1.29, 1.82) is 0 Å². The first kappa shape index (κ1) is 29.8. The van der Waals surface area contributed by atoms with E-state index in [4.69, 9.17) is 15.6 Å². The fourth-order valence-electron chi connectivity index (χ4n) is 2.94. The highest BCUT2D eigenvalue weighted by atomic mass is 16.6. The molecule has 0 aliphatic rings. The smallest absolute Gasteiger partial charge is 0.300 e. The second-order valence-corrected chi connectivity index (χ2v) is 7.49. The Hall–Kier alpha value is -4.23. The number of non-ortho nitro benzene ring substituents is 2. The summed E-state index contributed by atoms with van der Waals surface area (Å²) in [6.45, 7) is 3.14. The largest absolute Gasteiger partial charge is 0.481 e. The predicted octanol–water partition coefficient (Wildman–Crippen LogP) is 2.60. The molecule has 0 bridgehead atoms. The van der Waals surface area contributed by atoms with Crippen LogP contribution >= 0.6 is 0 Å². The lowest BCUT2D eigenvalue weighted by molar-refractivity contribution is -0.385. The maximum atomic E-state index is 13.0. The number of benzene rings is 2. The van der Waals surface area contributed by atoms with E-state index in [1.165, 1.54) is 48.5 Å². The Kier molecular flexibility index (Phi) is 12.9. The Labute approximate surface area is 207 Å². The molecule has 0 atom stereocenters. The van der Waals surface area contributed by atoms with E-state index in [0.29, 0.717) is 19.5 Å². The van der Waals surface area contributed by atoms with Crippen molar-refractivity contribution < 1.29 is 29.3 Å². The van der Waals surface area contributed by atoms with Crippen LogP contribution in [0.3, 0.4) is 0 Å². The molecule has 0 saturated heterocycles. The number of nitrogens with one attached hydrogen (secondary N) is 1. The molecule has 0 saturated carbocycles. The van der Waals surface area contributed by atoms with Gasteiger partial charge in [0, 0.05) is 48.9 Å². The number of unbranched alkanes of at least 4 members (excludes halogenated alkanes) is 1. The number of nitro benzene ring substituents is 2. The highest BCUT2D eigenvalue weighted by Gasteiger charge is 2.25. The van der Waals surface area contributed by atoms with Crippen LogP contribution in [0.5, 0.6) is 0 Å². The molecule has 2 amide bonds. The number of carbonyl (C=O) groups is 3. The Balaban J connectivity index is 0.00000150. The number of carboxylic acid groups (broad SMARTS) is 1. The molecule has 0 aliphatic carbocycles. The Morgan fingerprint density at radius 2 is 1.22 bits per heavy atom. The van der Waals surface area contributed by atoms with Crippen LogP contribution in [0.1, 0.15) is 46.9 Å². The van der Waals surface area contributed by atoms with E-state index in [1.54, 1.807) is 0 Å². The summed E-state index contributed by atoms with van der Waals surface area (Å²) in [7, 11) is 0. The van der Waals surface area contributed by atoms with Crippen LogP contribution in [0.15, 0.2) is 48.5 Å². The molecule has 0 radical (unpaired) electrons. The van der Waals surface area contributed by atoms with Gasteiger partial charge in [-0.15, -0.1) is 0 Å². The van der Waals surface area contributed by atoms with Gasteiger partial charge in [-0.25, -0.2) is 0 Å². The predicted molar refractivity (Wildman–Crippen MR) is 131 cm³/mol. The molecule has 0 unspecified atom stereocenters. The van der Waals surface area contributed by atoms with Gasteiger partial charge in [-0.1, -0.05) is 0 Å². The molecule has 2 aromatic carbocycles. The van der Waals surface area contributed by atoms with Crippen molar-refractivity contribution in [3.8, 4) is 0 Å². The zero-order chi connectivity index (χ0) is 27.1. The Morgan fingerprint density at radius 3 is 1.58 bits per heavy atom. The molecule has 4 N–H and O–H groups in total. The summed E-state index contributed by atoms with van der Waals surface area (Å²) in [4.78, 5) is 56.6. The first-order valence-corrected chi connectivity index (χ1v) is 11.0. The topological polar surface area (TPSA) is 199 Å². The summed E-state index contributed by atoms with van der Waals surface area (Å²) in [5.74, 6) is -2.04. The number of carbonyl (C=O) groups excluding carboxylic acids is 2. The third kappa shape index (κ3) is 10.4. The molecule has 36 heavy (non-hydrogen) atoms. The summed E-state index contributed by atoms with van der Waals surface area (Å²) >= 11 is 0. The van der Waals surface area contributed by atoms with Crippen molar-refractivity contribution in [2.24, 2.45) is 5.73 Å². The standard InChI is InChI=1S/C21H25N5O6.C2H4O2/c22-12-1-2-13-23-14-3-15-24(20(27)16-4-8-18(9-5-16)25(29)30)21(28)17-6-10-19(11-7-17)26(31)32;1-2(3)4/h4-11,23H,1-3,12-15,22H2;1H3,(H,3,4). The van der Waals surface area contributed by atoms with Gasteiger partial charge in [0.1, 0.15) is 0 Å². The first-order chi connectivity index (χ1) is 17.1. The van der Waals surface area contributed by atoms with Gasteiger partial charge in [-0.2, -0.15) is 0 Å². The van der Waals surface area contributed by atoms with Crippen molar-refractivity contribution in [1.82, 2.24) is 10.2 Å². The number of nitrogens with zero attached hydrogens (tertiary/aromatic N) is 3. The molecule has 0 aliphatic heterocycles. The molecule has 13 nitrogen and oxygen atoms in total. The lowest BCUT2D eigenvalue weighted by Crippen LogP contribution is -2.38. The zero-order valence-electron chi connectivity index (χ0n) is 19.8. The minimum atomic E-state index is -0.833. The highest BCUT2D eigenvalue weighted by molar-refractivity contribution is 6.10. The van der Waals surface area contributed by atoms with Crippen LogP contribution in [0.2, 0.25) is 0 Å². The molecule has 0 heterocycles. The number of carboxylic acids is 1. The van der Waals surface area contributed by atoms with Gasteiger partial charge in [-0.05, 0) is 63.2 Å². The fraction of sp³-hybridized carbons (Fsp3) is 0.348. The lowest BCUT2D eigenvalue weighted by Gasteiger charge is -2.21. The van der Waals surface area contributed by atoms with Crippen LogP contribution in [0.25, 0.3) is 0 Å². The summed E-state index contributed by atoms with van der Waals surface area (Å²) < 4.78 is 0. The number of aliphatic carboxylic acids is 1. The van der Waals surface area contributed by atoms with Gasteiger partial charge in [0.25, 0.3) is 29.2 Å². The number of nitrogens with two attached hydrogens (primary N) is 1. The minimum absolute atomic E-state index is 0.107. The second-order valence-electron chi connectivity index (χ2n) is 7.49. The number of hydrogen-bond acceptors (Lipinski definition) is 9. The van der Waals surface area contributed by atoms with Crippen molar-refractivity contribution in [3.63, 3.8) is 0 Å². The summed E-state index contributed by atoms with van der Waals surface area (Å²) in [6.07, 6.45) is 2.31. The summed E-state index contributed by atoms with van der Waals surface area (Å²) in [6, 6.07) is 9.95. The third-order valence-electron chi connectivity index (χ3n) is 4.68. The molecule has 0 aromatic heterocycles. The maximum absolute atomic E-state index is 13.0. The summed E-state index contributed by atoms with van der Waals surface area (Å²) in [5, 5.41) is 32.3. The van der Waals surface area contributed by atoms with Gasteiger partial charge in [0.05, 0.1) is 9.85 Å². The number of rotatable bonds is 12. The van der Waals surface area contributed by atoms with E-state index >= 15 is 0 Å². The lowest BCUT2D eigenvalue weighted by atomic mass is 10.1. The molecule has 0 spiro atoms. The van der Waals surface area contributed by atoms with E-state index in [2.05, 4.69) is 5.32 Å². The minimum Gasteiger partial charge on any atom is -0.481 e. The molecule has 2 rings (SSSR count). The number of imide groups is 1. The van der Waals surface area contributed by atoms with Gasteiger partial charge in [0.15, 0.2) is 0 Å². The Bertz CT molecular complexity index is 968. The van der Waals surface area contributed by atoms with E-state index < -0.39 is 27.6 Å². The van der Waals surface area contributed by atoms with Crippen molar-refractivity contribution in [2.75, 3.05) is 26.2 Å². The zero-order valence-corrected chi connectivity index (χ0v) is 19.8. The quantitative estimate of drug-likeness (QED) is 0.167. The highest BCUT2D eigenvalue weighted by Crippen LogP contribution is 2.17. The van der Waals surface area contributed by atoms with Crippen LogP contribution in [-0.2, 0) is 4.79 Å². The normalized spacial score (nSPS) is 10.1. The van der Waals surface area contributed by atoms with E-state index in [-0.39, 0.29) is 29.0 Å². The molecule has 2 aromatic rings. The SMILES string of the molecule is CC(=O)O.NCCCCNCCCN(C(=O)c1ccc([N+](=O)[O-])cc1)C(=O)c1ccc([N+](=O)[O-])cc1. The molecular formula is C23H29N5O8.